The molecule has 0 fully saturated rings. The Morgan fingerprint density at radius 3 is 2.39 bits per heavy atom. The molecule has 98 valence electrons. The summed E-state index contributed by atoms with van der Waals surface area (Å²) < 4.78 is 5.19. The van der Waals surface area contributed by atoms with Gasteiger partial charge in [-0.3, -0.25) is 4.90 Å². The molecule has 0 bridgehead atoms. The molecule has 1 rings (SSSR count). The van der Waals surface area contributed by atoms with E-state index in [1.165, 1.54) is 30.7 Å². The maximum absolute atomic E-state index is 11.8. The van der Waals surface area contributed by atoms with Crippen LogP contribution < -0.4 is 0 Å². The van der Waals surface area contributed by atoms with E-state index in [1.807, 2.05) is 0 Å². The molecule has 0 N–H and O–H groups in total. The van der Waals surface area contributed by atoms with E-state index in [0.29, 0.717) is 11.8 Å². The van der Waals surface area contributed by atoms with Crippen LogP contribution in [0.3, 0.4) is 0 Å². The highest BCUT2D eigenvalue weighted by Crippen LogP contribution is 2.18. The van der Waals surface area contributed by atoms with Crippen LogP contribution in [0, 0.1) is 0 Å². The monoisotopic (exact) mass is 251 g/mol. The molecule has 0 radical (unpaired) electrons. The van der Waals surface area contributed by atoms with Crippen molar-refractivity contribution in [3.8, 4) is 0 Å². The van der Waals surface area contributed by atoms with Gasteiger partial charge in [0.15, 0.2) is 0 Å². The highest BCUT2D eigenvalue weighted by molar-refractivity contribution is 5.74. The molecule has 18 heavy (non-hydrogen) atoms. The van der Waals surface area contributed by atoms with Crippen LogP contribution in [0.1, 0.15) is 32.4 Å². The zero-order chi connectivity index (χ0) is 13.8. The topological polar surface area (TPSA) is 72.4 Å². The van der Waals surface area contributed by atoms with Crippen molar-refractivity contribution in [2.45, 2.75) is 32.4 Å². The van der Waals surface area contributed by atoms with Crippen LogP contribution in [0.5, 0.6) is 0 Å². The summed E-state index contributed by atoms with van der Waals surface area (Å²) >= 11 is 0. The van der Waals surface area contributed by atoms with Gasteiger partial charge in [0.1, 0.15) is 24.3 Å². The van der Waals surface area contributed by atoms with Crippen LogP contribution in [-0.2, 0) is 9.53 Å². The van der Waals surface area contributed by atoms with Gasteiger partial charge in [0.2, 0.25) is 0 Å². The second-order valence-electron chi connectivity index (χ2n) is 4.84. The summed E-state index contributed by atoms with van der Waals surface area (Å²) in [4.78, 5) is 31.8. The average Bonchev–Trinajstić information content (AvgIpc) is 2.29. The summed E-state index contributed by atoms with van der Waals surface area (Å²) in [6.45, 7) is 5.29. The molecule has 1 atom stereocenters. The third-order valence-electron chi connectivity index (χ3n) is 2.15. The van der Waals surface area contributed by atoms with Crippen molar-refractivity contribution >= 4 is 12.4 Å². The molecule has 1 heterocycles. The van der Waals surface area contributed by atoms with E-state index in [-0.39, 0.29) is 0 Å². The number of carbonyl (C=O) groups is 2. The molecule has 0 aromatic carbocycles. The lowest BCUT2D eigenvalue weighted by atomic mass is 10.1. The summed E-state index contributed by atoms with van der Waals surface area (Å²) in [7, 11) is 1.50. The number of nitrogens with zero attached hydrogens (tertiary/aromatic N) is 3. The normalized spacial score (nSPS) is 12.7. The van der Waals surface area contributed by atoms with Gasteiger partial charge in [0, 0.05) is 25.0 Å². The first-order chi connectivity index (χ1) is 8.35. The van der Waals surface area contributed by atoms with Crippen molar-refractivity contribution in [3.63, 3.8) is 0 Å². The molecule has 6 heteroatoms. The highest BCUT2D eigenvalue weighted by atomic mass is 16.6. The minimum absolute atomic E-state index is 0.542. The van der Waals surface area contributed by atoms with E-state index in [2.05, 4.69) is 9.97 Å². The number of ether oxygens (including phenoxy) is 1. The molecule has 0 saturated carbocycles. The zero-order valence-corrected chi connectivity index (χ0v) is 11.0. The Hall–Kier alpha value is -1.98. The fourth-order valence-corrected chi connectivity index (χ4v) is 1.30. The second kappa shape index (κ2) is 5.57. The van der Waals surface area contributed by atoms with Crippen LogP contribution in [0.25, 0.3) is 0 Å². The average molecular weight is 251 g/mol. The summed E-state index contributed by atoms with van der Waals surface area (Å²) in [6.07, 6.45) is 4.44. The largest absolute Gasteiger partial charge is 0.444 e. The number of aromatic nitrogens is 2. The molecular formula is C12H17N3O3. The molecule has 0 aliphatic carbocycles. The third kappa shape index (κ3) is 3.80. The first-order valence-electron chi connectivity index (χ1n) is 5.51. The molecule has 0 spiro atoms. The molecule has 1 aromatic rings. The van der Waals surface area contributed by atoms with E-state index in [4.69, 9.17) is 4.74 Å². The maximum atomic E-state index is 11.8. The molecule has 1 unspecified atom stereocenters. The molecular weight excluding hydrogens is 234 g/mol. The van der Waals surface area contributed by atoms with Gasteiger partial charge in [-0.15, -0.1) is 0 Å². The van der Waals surface area contributed by atoms with Crippen molar-refractivity contribution < 1.29 is 14.3 Å². The van der Waals surface area contributed by atoms with Gasteiger partial charge in [0.05, 0.1) is 0 Å². The van der Waals surface area contributed by atoms with Crippen molar-refractivity contribution in [2.24, 2.45) is 0 Å². The van der Waals surface area contributed by atoms with E-state index in [1.54, 1.807) is 20.8 Å². The molecule has 1 aromatic heterocycles. The minimum Gasteiger partial charge on any atom is -0.444 e. The Morgan fingerprint density at radius 1 is 1.39 bits per heavy atom. The number of amides is 1. The molecule has 0 aliphatic heterocycles. The lowest BCUT2D eigenvalue weighted by Crippen LogP contribution is -2.37. The Balaban J connectivity index is 2.84. The van der Waals surface area contributed by atoms with E-state index >= 15 is 0 Å². The molecule has 6 nitrogen and oxygen atoms in total. The van der Waals surface area contributed by atoms with Crippen molar-refractivity contribution in [3.05, 3.63) is 24.3 Å². The van der Waals surface area contributed by atoms with E-state index in [9.17, 15) is 9.59 Å². The fourth-order valence-electron chi connectivity index (χ4n) is 1.30. The maximum Gasteiger partial charge on any atom is 0.410 e. The quantitative estimate of drug-likeness (QED) is 0.763. The van der Waals surface area contributed by atoms with Gasteiger partial charge >= 0.3 is 6.09 Å². The van der Waals surface area contributed by atoms with Crippen LogP contribution in [0.4, 0.5) is 4.79 Å². The number of hydrogen-bond acceptors (Lipinski definition) is 5. The Kier molecular flexibility index (Phi) is 4.36. The molecule has 0 saturated heterocycles. The van der Waals surface area contributed by atoms with Crippen molar-refractivity contribution in [2.75, 3.05) is 7.05 Å². The highest BCUT2D eigenvalue weighted by Gasteiger charge is 2.26. The lowest BCUT2D eigenvalue weighted by molar-refractivity contribution is -0.112. The van der Waals surface area contributed by atoms with Crippen LogP contribution in [0.2, 0.25) is 0 Å². The van der Waals surface area contributed by atoms with E-state index in [0.717, 1.165) is 0 Å². The first kappa shape index (κ1) is 14.1. The SMILES string of the molecule is CN(C(=O)OC(C)(C)C)C(C=O)c1cncnc1. The Morgan fingerprint density at radius 2 is 1.94 bits per heavy atom. The van der Waals surface area contributed by atoms with Crippen molar-refractivity contribution in [1.82, 2.24) is 14.9 Å². The van der Waals surface area contributed by atoms with E-state index < -0.39 is 17.7 Å². The van der Waals surface area contributed by atoms with Gasteiger partial charge in [-0.1, -0.05) is 0 Å². The number of likely N-dealkylation sites (N-methyl/N-ethyl adjacent to an activating group) is 1. The summed E-state index contributed by atoms with van der Waals surface area (Å²) in [5, 5.41) is 0. The van der Waals surface area contributed by atoms with Gasteiger partial charge in [-0.25, -0.2) is 14.8 Å². The predicted molar refractivity (Wildman–Crippen MR) is 64.8 cm³/mol. The Bertz CT molecular complexity index is 414. The number of hydrogen-bond donors (Lipinski definition) is 0. The lowest BCUT2D eigenvalue weighted by Gasteiger charge is -2.27. The molecule has 0 aliphatic rings. The van der Waals surface area contributed by atoms with Crippen LogP contribution in [-0.4, -0.2) is 39.9 Å². The van der Waals surface area contributed by atoms with Crippen molar-refractivity contribution in [1.29, 1.82) is 0 Å². The zero-order valence-electron chi connectivity index (χ0n) is 11.0. The smallest absolute Gasteiger partial charge is 0.410 e. The molecule has 1 amide bonds. The number of rotatable bonds is 3. The van der Waals surface area contributed by atoms with Crippen LogP contribution in [0.15, 0.2) is 18.7 Å². The van der Waals surface area contributed by atoms with Gasteiger partial charge < -0.3 is 9.53 Å². The Labute approximate surface area is 106 Å². The van der Waals surface area contributed by atoms with Gasteiger partial charge in [-0.05, 0) is 20.8 Å². The summed E-state index contributed by atoms with van der Waals surface area (Å²) in [5.74, 6) is 0. The fraction of sp³-hybridized carbons (Fsp3) is 0.500. The summed E-state index contributed by atoms with van der Waals surface area (Å²) in [5.41, 5.74) is -0.0627. The van der Waals surface area contributed by atoms with Gasteiger partial charge in [-0.2, -0.15) is 0 Å². The van der Waals surface area contributed by atoms with Crippen LogP contribution >= 0.6 is 0 Å². The minimum atomic E-state index is -0.749. The third-order valence-corrected chi connectivity index (χ3v) is 2.15. The number of carbonyl (C=O) groups excluding carboxylic acids is 2. The number of aldehydes is 1. The second-order valence-corrected chi connectivity index (χ2v) is 4.84. The standard InChI is InChI=1S/C12H17N3O3/c1-12(2,3)18-11(17)15(4)10(7-16)9-5-13-8-14-6-9/h5-8,10H,1-4H3. The first-order valence-corrected chi connectivity index (χ1v) is 5.51. The summed E-state index contributed by atoms with van der Waals surface area (Å²) in [6, 6.07) is -0.749. The predicted octanol–water partition coefficient (Wildman–Crippen LogP) is 1.58. The van der Waals surface area contributed by atoms with Gasteiger partial charge in [0.25, 0.3) is 0 Å².